The minimum absolute atomic E-state index is 0.105. The summed E-state index contributed by atoms with van der Waals surface area (Å²) in [6.45, 7) is 0. The van der Waals surface area contributed by atoms with Crippen molar-refractivity contribution in [3.05, 3.63) is 95.1 Å². The summed E-state index contributed by atoms with van der Waals surface area (Å²) in [4.78, 5) is 23.8. The van der Waals surface area contributed by atoms with E-state index in [0.29, 0.717) is 5.69 Å². The predicted octanol–water partition coefficient (Wildman–Crippen LogP) is 5.04. The van der Waals surface area contributed by atoms with Gasteiger partial charge < -0.3 is 14.8 Å². The molecule has 0 fully saturated rings. The monoisotopic (exact) mass is 428 g/mol. The number of fused-ring (bicyclic) bond motifs is 1. The SMILES string of the molecule is COC(=O)Nc1ccc(CC(=O)Nc2ccc3c(c2)C(c2ccc(OC)cc2)=CC3)cc1. The van der Waals surface area contributed by atoms with Crippen LogP contribution in [-0.2, 0) is 22.4 Å². The van der Waals surface area contributed by atoms with E-state index in [0.717, 1.165) is 40.1 Å². The summed E-state index contributed by atoms with van der Waals surface area (Å²) in [5.41, 5.74) is 6.87. The van der Waals surface area contributed by atoms with Crippen LogP contribution < -0.4 is 15.4 Å². The van der Waals surface area contributed by atoms with Gasteiger partial charge in [-0.2, -0.15) is 0 Å². The molecule has 1 aliphatic rings. The van der Waals surface area contributed by atoms with Crippen molar-refractivity contribution >= 4 is 28.9 Å². The average molecular weight is 428 g/mol. The van der Waals surface area contributed by atoms with Crippen LogP contribution in [0.2, 0.25) is 0 Å². The Morgan fingerprint density at radius 1 is 0.875 bits per heavy atom. The van der Waals surface area contributed by atoms with Gasteiger partial charge in [-0.25, -0.2) is 4.79 Å². The third-order valence-electron chi connectivity index (χ3n) is 5.36. The first-order valence-corrected chi connectivity index (χ1v) is 10.3. The quantitative estimate of drug-likeness (QED) is 0.577. The zero-order valence-corrected chi connectivity index (χ0v) is 18.0. The van der Waals surface area contributed by atoms with E-state index in [1.165, 1.54) is 12.7 Å². The van der Waals surface area contributed by atoms with Gasteiger partial charge in [0.25, 0.3) is 0 Å². The van der Waals surface area contributed by atoms with E-state index in [1.54, 1.807) is 31.4 Å². The number of carbonyl (C=O) groups is 2. The highest BCUT2D eigenvalue weighted by atomic mass is 16.5. The van der Waals surface area contributed by atoms with Crippen molar-refractivity contribution in [3.8, 4) is 5.75 Å². The fourth-order valence-corrected chi connectivity index (χ4v) is 3.71. The number of hydrogen-bond acceptors (Lipinski definition) is 4. The smallest absolute Gasteiger partial charge is 0.411 e. The first-order valence-electron chi connectivity index (χ1n) is 10.3. The molecule has 0 bridgehead atoms. The number of benzene rings is 3. The van der Waals surface area contributed by atoms with Crippen molar-refractivity contribution in [2.24, 2.45) is 0 Å². The van der Waals surface area contributed by atoms with E-state index in [4.69, 9.17) is 4.74 Å². The van der Waals surface area contributed by atoms with Crippen LogP contribution in [0.25, 0.3) is 5.57 Å². The van der Waals surface area contributed by atoms with Crippen molar-refractivity contribution in [2.45, 2.75) is 12.8 Å². The van der Waals surface area contributed by atoms with Gasteiger partial charge in [0.05, 0.1) is 20.6 Å². The van der Waals surface area contributed by atoms with Gasteiger partial charge in [0.1, 0.15) is 5.75 Å². The zero-order chi connectivity index (χ0) is 22.5. The van der Waals surface area contributed by atoms with Crippen LogP contribution in [0.4, 0.5) is 16.2 Å². The molecule has 4 rings (SSSR count). The Bertz CT molecular complexity index is 1170. The van der Waals surface area contributed by atoms with Gasteiger partial charge in [0.2, 0.25) is 5.91 Å². The number of amides is 2. The Morgan fingerprint density at radius 2 is 1.59 bits per heavy atom. The summed E-state index contributed by atoms with van der Waals surface area (Å²) in [6.07, 6.45) is 2.78. The van der Waals surface area contributed by atoms with Crippen molar-refractivity contribution in [1.82, 2.24) is 0 Å². The summed E-state index contributed by atoms with van der Waals surface area (Å²) in [7, 11) is 2.96. The molecule has 6 heteroatoms. The van der Waals surface area contributed by atoms with Crippen LogP contribution in [0.15, 0.2) is 72.8 Å². The van der Waals surface area contributed by atoms with Crippen LogP contribution in [-0.4, -0.2) is 26.2 Å². The van der Waals surface area contributed by atoms with E-state index in [1.807, 2.05) is 36.4 Å². The number of anilines is 2. The van der Waals surface area contributed by atoms with Gasteiger partial charge in [-0.1, -0.05) is 36.4 Å². The number of rotatable bonds is 6. The molecule has 0 atom stereocenters. The summed E-state index contributed by atoms with van der Waals surface area (Å²) in [6, 6.07) is 21.1. The Kier molecular flexibility index (Phi) is 6.22. The Morgan fingerprint density at radius 3 is 2.28 bits per heavy atom. The highest BCUT2D eigenvalue weighted by Crippen LogP contribution is 2.35. The molecule has 0 saturated carbocycles. The lowest BCUT2D eigenvalue weighted by Crippen LogP contribution is -2.15. The topological polar surface area (TPSA) is 76.7 Å². The molecule has 0 heterocycles. The van der Waals surface area contributed by atoms with E-state index in [9.17, 15) is 9.59 Å². The number of allylic oxidation sites excluding steroid dienone is 1. The second-order valence-electron chi connectivity index (χ2n) is 7.46. The second kappa shape index (κ2) is 9.39. The second-order valence-corrected chi connectivity index (χ2v) is 7.46. The molecule has 2 amide bonds. The molecule has 3 aromatic carbocycles. The van der Waals surface area contributed by atoms with Gasteiger partial charge in [-0.05, 0) is 70.6 Å². The summed E-state index contributed by atoms with van der Waals surface area (Å²) >= 11 is 0. The fourth-order valence-electron chi connectivity index (χ4n) is 3.71. The van der Waals surface area contributed by atoms with E-state index in [2.05, 4.69) is 27.5 Å². The van der Waals surface area contributed by atoms with Gasteiger partial charge in [0, 0.05) is 11.4 Å². The van der Waals surface area contributed by atoms with Crippen molar-refractivity contribution < 1.29 is 19.1 Å². The van der Waals surface area contributed by atoms with Crippen molar-refractivity contribution in [1.29, 1.82) is 0 Å². The van der Waals surface area contributed by atoms with Crippen LogP contribution in [0.3, 0.4) is 0 Å². The van der Waals surface area contributed by atoms with E-state index < -0.39 is 6.09 Å². The van der Waals surface area contributed by atoms with Crippen molar-refractivity contribution in [2.75, 3.05) is 24.9 Å². The zero-order valence-electron chi connectivity index (χ0n) is 18.0. The van der Waals surface area contributed by atoms with Gasteiger partial charge in [0.15, 0.2) is 0 Å². The third kappa shape index (κ3) is 4.81. The lowest BCUT2D eigenvalue weighted by atomic mass is 9.98. The molecule has 0 radical (unpaired) electrons. The molecule has 0 aliphatic heterocycles. The summed E-state index contributed by atoms with van der Waals surface area (Å²) in [5.74, 6) is 0.717. The van der Waals surface area contributed by atoms with Gasteiger partial charge >= 0.3 is 6.09 Å². The minimum atomic E-state index is -0.532. The average Bonchev–Trinajstić information content (AvgIpc) is 3.23. The maximum Gasteiger partial charge on any atom is 0.411 e. The third-order valence-corrected chi connectivity index (χ3v) is 5.36. The van der Waals surface area contributed by atoms with Gasteiger partial charge in [-0.3, -0.25) is 10.1 Å². The molecule has 1 aliphatic carbocycles. The molecule has 2 N–H and O–H groups in total. The fraction of sp³-hybridized carbons (Fsp3) is 0.154. The minimum Gasteiger partial charge on any atom is -0.497 e. The van der Waals surface area contributed by atoms with E-state index in [-0.39, 0.29) is 12.3 Å². The maximum atomic E-state index is 12.6. The Labute approximate surface area is 186 Å². The highest BCUT2D eigenvalue weighted by molar-refractivity contribution is 5.94. The first-order chi connectivity index (χ1) is 15.6. The summed E-state index contributed by atoms with van der Waals surface area (Å²) < 4.78 is 9.82. The lowest BCUT2D eigenvalue weighted by Gasteiger charge is -2.11. The largest absolute Gasteiger partial charge is 0.497 e. The predicted molar refractivity (Wildman–Crippen MR) is 125 cm³/mol. The van der Waals surface area contributed by atoms with Crippen LogP contribution in [0, 0.1) is 0 Å². The Hall–Kier alpha value is -4.06. The number of methoxy groups -OCH3 is 2. The van der Waals surface area contributed by atoms with Crippen LogP contribution in [0.5, 0.6) is 5.75 Å². The number of carbonyl (C=O) groups excluding carboxylic acids is 2. The molecule has 0 saturated heterocycles. The number of nitrogens with one attached hydrogen (secondary N) is 2. The molecule has 0 unspecified atom stereocenters. The molecule has 32 heavy (non-hydrogen) atoms. The molecular formula is C26H24N2O4. The maximum absolute atomic E-state index is 12.6. The Balaban J connectivity index is 1.42. The van der Waals surface area contributed by atoms with Gasteiger partial charge in [-0.15, -0.1) is 0 Å². The molecular weight excluding hydrogens is 404 g/mol. The molecule has 0 aromatic heterocycles. The van der Waals surface area contributed by atoms with Crippen molar-refractivity contribution in [3.63, 3.8) is 0 Å². The molecule has 3 aromatic rings. The van der Waals surface area contributed by atoms with Crippen LogP contribution in [0.1, 0.15) is 22.3 Å². The molecule has 6 nitrogen and oxygen atoms in total. The van der Waals surface area contributed by atoms with E-state index >= 15 is 0 Å². The molecule has 0 spiro atoms. The summed E-state index contributed by atoms with van der Waals surface area (Å²) in [5, 5.41) is 5.58. The standard InChI is InChI=1S/C26H24N2O4/c1-31-22-12-6-18(7-13-22)23-14-8-19-5-11-21(16-24(19)23)27-25(29)15-17-3-9-20(10-4-17)28-26(30)32-2/h3-7,9-14,16H,8,15H2,1-2H3,(H,27,29)(H,28,30). The molecule has 162 valence electrons. The van der Waals surface area contributed by atoms with Crippen LogP contribution >= 0.6 is 0 Å². The normalized spacial score (nSPS) is 11.9. The first kappa shape index (κ1) is 21.2. The number of hydrogen-bond donors (Lipinski definition) is 2. The lowest BCUT2D eigenvalue weighted by molar-refractivity contribution is -0.115. The highest BCUT2D eigenvalue weighted by Gasteiger charge is 2.17. The number of ether oxygens (including phenoxy) is 2.